The molecule has 2 saturated heterocycles. The van der Waals surface area contributed by atoms with Gasteiger partial charge in [-0.2, -0.15) is 4.31 Å². The Labute approximate surface area is 158 Å². The molecule has 0 unspecified atom stereocenters. The molecular formula is C18H24N2O6S. The average Bonchev–Trinajstić information content (AvgIpc) is 3.17. The summed E-state index contributed by atoms with van der Waals surface area (Å²) in [5.41, 5.74) is 0.843. The Hall–Kier alpha value is -1.97. The van der Waals surface area contributed by atoms with Crippen molar-refractivity contribution in [3.63, 3.8) is 0 Å². The minimum Gasteiger partial charge on any atom is -0.480 e. The third-order valence-corrected chi connectivity index (χ3v) is 6.93. The zero-order valence-corrected chi connectivity index (χ0v) is 15.9. The van der Waals surface area contributed by atoms with Gasteiger partial charge < -0.3 is 14.7 Å². The van der Waals surface area contributed by atoms with E-state index in [1.165, 1.54) is 9.21 Å². The van der Waals surface area contributed by atoms with Crippen LogP contribution in [0.25, 0.3) is 0 Å². The number of likely N-dealkylation sites (tertiary alicyclic amines) is 1. The minimum atomic E-state index is -3.53. The molecule has 1 aromatic rings. The molecule has 0 aliphatic carbocycles. The highest BCUT2D eigenvalue weighted by Gasteiger charge is 2.33. The van der Waals surface area contributed by atoms with Gasteiger partial charge in [-0.15, -0.1) is 0 Å². The lowest BCUT2D eigenvalue weighted by molar-refractivity contribution is -0.148. The largest absolute Gasteiger partial charge is 0.480 e. The van der Waals surface area contributed by atoms with Crippen molar-refractivity contribution < 1.29 is 27.9 Å². The van der Waals surface area contributed by atoms with Gasteiger partial charge >= 0.3 is 5.97 Å². The quantitative estimate of drug-likeness (QED) is 0.760. The minimum absolute atomic E-state index is 0.176. The summed E-state index contributed by atoms with van der Waals surface area (Å²) < 4.78 is 31.8. The molecule has 1 atom stereocenters. The number of carboxylic acid groups (broad SMARTS) is 1. The van der Waals surface area contributed by atoms with Gasteiger partial charge in [0.1, 0.15) is 6.04 Å². The van der Waals surface area contributed by atoms with Crippen LogP contribution in [0.1, 0.15) is 24.8 Å². The Kier molecular flexibility index (Phi) is 6.13. The Bertz CT molecular complexity index is 787. The lowest BCUT2D eigenvalue weighted by Crippen LogP contribution is -2.40. The van der Waals surface area contributed by atoms with E-state index >= 15 is 0 Å². The molecule has 2 fully saturated rings. The molecule has 0 aromatic heterocycles. The van der Waals surface area contributed by atoms with Gasteiger partial charge in [-0.25, -0.2) is 13.2 Å². The number of carbonyl (C=O) groups is 2. The zero-order valence-electron chi connectivity index (χ0n) is 15.0. The van der Waals surface area contributed by atoms with E-state index in [2.05, 4.69) is 0 Å². The number of carboxylic acids is 1. The zero-order chi connectivity index (χ0) is 19.4. The molecule has 1 amide bonds. The second-order valence-corrected chi connectivity index (χ2v) is 8.68. The first-order chi connectivity index (χ1) is 12.9. The van der Waals surface area contributed by atoms with E-state index in [0.29, 0.717) is 52.1 Å². The number of aryl methyl sites for hydroxylation is 1. The fourth-order valence-corrected chi connectivity index (χ4v) is 4.89. The van der Waals surface area contributed by atoms with E-state index in [1.54, 1.807) is 24.3 Å². The molecule has 0 radical (unpaired) electrons. The van der Waals surface area contributed by atoms with E-state index in [1.807, 2.05) is 0 Å². The van der Waals surface area contributed by atoms with Crippen molar-refractivity contribution in [2.75, 3.05) is 32.8 Å². The normalized spacial score (nSPS) is 21.3. The standard InChI is InChI=1S/C18H24N2O6S/c21-17(20-9-1-2-16(20)18(22)23)8-5-14-3-6-15(7-4-14)27(24,25)19-10-12-26-13-11-19/h3-4,6-7,16H,1-2,5,8-13H2,(H,22,23)/t16-/m0/s1. The highest BCUT2D eigenvalue weighted by Crippen LogP contribution is 2.21. The molecule has 2 aliphatic rings. The van der Waals surface area contributed by atoms with E-state index in [-0.39, 0.29) is 17.2 Å². The fourth-order valence-electron chi connectivity index (χ4n) is 3.48. The van der Waals surface area contributed by atoms with Gasteiger partial charge in [0.2, 0.25) is 15.9 Å². The maximum Gasteiger partial charge on any atom is 0.326 e. The number of amides is 1. The Morgan fingerprint density at radius 3 is 2.41 bits per heavy atom. The molecular weight excluding hydrogens is 372 g/mol. The van der Waals surface area contributed by atoms with Gasteiger partial charge in [0.25, 0.3) is 0 Å². The van der Waals surface area contributed by atoms with Crippen molar-refractivity contribution in [3.8, 4) is 0 Å². The summed E-state index contributed by atoms with van der Waals surface area (Å²) in [7, 11) is -3.53. The molecule has 2 aliphatic heterocycles. The molecule has 2 heterocycles. The lowest BCUT2D eigenvalue weighted by Gasteiger charge is -2.26. The first-order valence-electron chi connectivity index (χ1n) is 9.09. The smallest absolute Gasteiger partial charge is 0.326 e. The predicted molar refractivity (Wildman–Crippen MR) is 96.7 cm³/mol. The van der Waals surface area contributed by atoms with Crippen molar-refractivity contribution in [2.24, 2.45) is 0 Å². The topological polar surface area (TPSA) is 104 Å². The first-order valence-corrected chi connectivity index (χ1v) is 10.5. The average molecular weight is 396 g/mol. The van der Waals surface area contributed by atoms with Crippen molar-refractivity contribution in [2.45, 2.75) is 36.6 Å². The van der Waals surface area contributed by atoms with Crippen molar-refractivity contribution in [1.82, 2.24) is 9.21 Å². The Balaban J connectivity index is 1.59. The van der Waals surface area contributed by atoms with Gasteiger partial charge in [-0.3, -0.25) is 4.79 Å². The summed E-state index contributed by atoms with van der Waals surface area (Å²) in [5, 5.41) is 9.17. The number of hydrogen-bond acceptors (Lipinski definition) is 5. The number of hydrogen-bond donors (Lipinski definition) is 1. The monoisotopic (exact) mass is 396 g/mol. The Morgan fingerprint density at radius 2 is 1.78 bits per heavy atom. The van der Waals surface area contributed by atoms with E-state index in [9.17, 15) is 18.0 Å². The molecule has 0 bridgehead atoms. The second-order valence-electron chi connectivity index (χ2n) is 6.74. The molecule has 3 rings (SSSR count). The molecule has 1 aromatic carbocycles. The summed E-state index contributed by atoms with van der Waals surface area (Å²) in [6, 6.07) is 5.80. The van der Waals surface area contributed by atoms with E-state index in [0.717, 1.165) is 5.56 Å². The van der Waals surface area contributed by atoms with Crippen molar-refractivity contribution >= 4 is 21.9 Å². The highest BCUT2D eigenvalue weighted by atomic mass is 32.2. The van der Waals surface area contributed by atoms with Crippen LogP contribution in [-0.4, -0.2) is 73.5 Å². The molecule has 9 heteroatoms. The lowest BCUT2D eigenvalue weighted by atomic mass is 10.1. The number of nitrogens with zero attached hydrogens (tertiary/aromatic N) is 2. The van der Waals surface area contributed by atoms with Gasteiger partial charge in [0, 0.05) is 26.1 Å². The molecule has 1 N–H and O–H groups in total. The summed E-state index contributed by atoms with van der Waals surface area (Å²) in [6.45, 7) is 1.96. The Morgan fingerprint density at radius 1 is 1.11 bits per heavy atom. The molecule has 0 spiro atoms. The predicted octanol–water partition coefficient (Wildman–Crippen LogP) is 0.716. The van der Waals surface area contributed by atoms with Crippen LogP contribution in [-0.2, 0) is 30.8 Å². The molecule has 8 nitrogen and oxygen atoms in total. The van der Waals surface area contributed by atoms with Crippen LogP contribution in [0, 0.1) is 0 Å². The number of carbonyl (C=O) groups excluding carboxylic acids is 1. The van der Waals surface area contributed by atoms with Crippen molar-refractivity contribution in [1.29, 1.82) is 0 Å². The number of rotatable bonds is 6. The molecule has 27 heavy (non-hydrogen) atoms. The summed E-state index contributed by atoms with van der Waals surface area (Å²) >= 11 is 0. The third-order valence-electron chi connectivity index (χ3n) is 5.02. The van der Waals surface area contributed by atoms with Crippen LogP contribution >= 0.6 is 0 Å². The first kappa shape index (κ1) is 19.8. The maximum absolute atomic E-state index is 12.6. The third kappa shape index (κ3) is 4.48. The summed E-state index contributed by atoms with van der Waals surface area (Å²) in [6.07, 6.45) is 1.85. The number of morpholine rings is 1. The van der Waals surface area contributed by atoms with Crippen LogP contribution in [0.2, 0.25) is 0 Å². The molecule has 0 saturated carbocycles. The number of sulfonamides is 1. The SMILES string of the molecule is O=C(O)[C@@H]1CCCN1C(=O)CCc1ccc(S(=O)(=O)N2CCOCC2)cc1. The van der Waals surface area contributed by atoms with Crippen LogP contribution < -0.4 is 0 Å². The van der Waals surface area contributed by atoms with Crippen LogP contribution in [0.5, 0.6) is 0 Å². The van der Waals surface area contributed by atoms with Crippen molar-refractivity contribution in [3.05, 3.63) is 29.8 Å². The second kappa shape index (κ2) is 8.37. The van der Waals surface area contributed by atoms with Crippen LogP contribution in [0.3, 0.4) is 0 Å². The number of aliphatic carboxylic acids is 1. The van der Waals surface area contributed by atoms with Gasteiger partial charge in [-0.1, -0.05) is 12.1 Å². The fraction of sp³-hybridized carbons (Fsp3) is 0.556. The van der Waals surface area contributed by atoms with Crippen LogP contribution in [0.15, 0.2) is 29.2 Å². The maximum atomic E-state index is 12.6. The van der Waals surface area contributed by atoms with Gasteiger partial charge in [0.05, 0.1) is 18.1 Å². The van der Waals surface area contributed by atoms with E-state index in [4.69, 9.17) is 9.84 Å². The van der Waals surface area contributed by atoms with Crippen LogP contribution in [0.4, 0.5) is 0 Å². The summed E-state index contributed by atoms with van der Waals surface area (Å²) in [5.74, 6) is -1.14. The number of benzene rings is 1. The van der Waals surface area contributed by atoms with Gasteiger partial charge in [-0.05, 0) is 37.0 Å². The summed E-state index contributed by atoms with van der Waals surface area (Å²) in [4.78, 5) is 25.2. The highest BCUT2D eigenvalue weighted by molar-refractivity contribution is 7.89. The molecule has 148 valence electrons. The van der Waals surface area contributed by atoms with E-state index < -0.39 is 22.0 Å². The number of ether oxygens (including phenoxy) is 1. The van der Waals surface area contributed by atoms with Gasteiger partial charge in [0.15, 0.2) is 0 Å².